The molecule has 0 amide bonds. The summed E-state index contributed by atoms with van der Waals surface area (Å²) in [5.41, 5.74) is 0. The average molecular weight is 280 g/mol. The lowest BCUT2D eigenvalue weighted by Crippen LogP contribution is -2.36. The third-order valence-corrected chi connectivity index (χ3v) is 4.97. The van der Waals surface area contributed by atoms with Gasteiger partial charge in [0.05, 0.1) is 12.2 Å². The Labute approximate surface area is 120 Å². The van der Waals surface area contributed by atoms with Gasteiger partial charge in [0.1, 0.15) is 23.7 Å². The molecule has 2 fully saturated rings. The minimum atomic E-state index is 0.237. The zero-order valence-electron chi connectivity index (χ0n) is 12.0. The van der Waals surface area contributed by atoms with Crippen LogP contribution in [0.1, 0.15) is 51.4 Å². The molecule has 0 aliphatic carbocycles. The topological polar surface area (TPSA) is 36.9 Å². The lowest BCUT2D eigenvalue weighted by atomic mass is 10.0. The van der Waals surface area contributed by atoms with E-state index >= 15 is 0 Å². The molecule has 2 saturated heterocycles. The Balaban J connectivity index is 1.52. The second kappa shape index (κ2) is 5.57. The van der Waals surface area contributed by atoms with E-state index in [2.05, 4.69) is 0 Å². The molecule has 4 heteroatoms. The molecule has 0 unspecified atom stereocenters. The smallest absolute Gasteiger partial charge is 0.134 e. The van der Waals surface area contributed by atoms with Gasteiger partial charge < -0.3 is 18.9 Å². The molecule has 4 aliphatic heterocycles. The van der Waals surface area contributed by atoms with E-state index in [9.17, 15) is 0 Å². The highest BCUT2D eigenvalue weighted by Crippen LogP contribution is 2.37. The molecule has 0 radical (unpaired) electrons. The molecule has 4 heterocycles. The Morgan fingerprint density at radius 1 is 0.600 bits per heavy atom. The van der Waals surface area contributed by atoms with E-state index < -0.39 is 0 Å². The minimum Gasteiger partial charge on any atom is -0.489 e. The SMILES string of the molecule is C1CO[C@@H]2CCC3=C(CC[C@@H]4OCCC[C@H]4O3)O[C@H]2C1. The Morgan fingerprint density at radius 3 is 1.60 bits per heavy atom. The van der Waals surface area contributed by atoms with Crippen LogP contribution in [0, 0.1) is 0 Å². The summed E-state index contributed by atoms with van der Waals surface area (Å²) in [6.45, 7) is 1.77. The first-order chi connectivity index (χ1) is 9.90. The molecule has 20 heavy (non-hydrogen) atoms. The first kappa shape index (κ1) is 13.0. The Hall–Kier alpha value is -0.740. The molecule has 0 aromatic heterocycles. The molecule has 4 nitrogen and oxygen atoms in total. The zero-order valence-corrected chi connectivity index (χ0v) is 12.0. The highest BCUT2D eigenvalue weighted by atomic mass is 16.6. The van der Waals surface area contributed by atoms with Crippen LogP contribution in [0.3, 0.4) is 0 Å². The Morgan fingerprint density at radius 2 is 1.10 bits per heavy atom. The monoisotopic (exact) mass is 280 g/mol. The summed E-state index contributed by atoms with van der Waals surface area (Å²) >= 11 is 0. The lowest BCUT2D eigenvalue weighted by molar-refractivity contribution is -0.0905. The molecule has 4 atom stereocenters. The normalized spacial score (nSPS) is 41.2. The largest absolute Gasteiger partial charge is 0.489 e. The van der Waals surface area contributed by atoms with Gasteiger partial charge in [-0.2, -0.15) is 0 Å². The molecular formula is C16H24O4. The summed E-state index contributed by atoms with van der Waals surface area (Å²) in [6.07, 6.45) is 9.42. The quantitative estimate of drug-likeness (QED) is 0.683. The van der Waals surface area contributed by atoms with Crippen molar-refractivity contribution in [1.29, 1.82) is 0 Å². The van der Waals surface area contributed by atoms with Crippen LogP contribution in [0.5, 0.6) is 0 Å². The third kappa shape index (κ3) is 2.44. The highest BCUT2D eigenvalue weighted by molar-refractivity contribution is 5.09. The van der Waals surface area contributed by atoms with Crippen LogP contribution in [-0.2, 0) is 18.9 Å². The van der Waals surface area contributed by atoms with Gasteiger partial charge in [-0.05, 0) is 38.5 Å². The van der Waals surface area contributed by atoms with Crippen LogP contribution in [0.25, 0.3) is 0 Å². The Kier molecular flexibility index (Phi) is 3.61. The van der Waals surface area contributed by atoms with E-state index in [1.165, 1.54) is 0 Å². The molecule has 112 valence electrons. The van der Waals surface area contributed by atoms with Crippen molar-refractivity contribution in [3.8, 4) is 0 Å². The van der Waals surface area contributed by atoms with Gasteiger partial charge in [-0.1, -0.05) is 0 Å². The fourth-order valence-electron chi connectivity index (χ4n) is 3.87. The molecule has 4 rings (SSSR count). The summed E-state index contributed by atoms with van der Waals surface area (Å²) < 4.78 is 24.3. The highest BCUT2D eigenvalue weighted by Gasteiger charge is 2.37. The predicted molar refractivity (Wildman–Crippen MR) is 73.2 cm³/mol. The Bertz CT molecular complexity index is 356. The lowest BCUT2D eigenvalue weighted by Gasteiger charge is -2.31. The second-order valence-corrected chi connectivity index (χ2v) is 6.34. The van der Waals surface area contributed by atoms with Gasteiger partial charge in [0.25, 0.3) is 0 Å². The molecule has 0 N–H and O–H groups in total. The van der Waals surface area contributed by atoms with Crippen LogP contribution in [0.4, 0.5) is 0 Å². The summed E-state index contributed by atoms with van der Waals surface area (Å²) in [5.74, 6) is 2.17. The molecule has 4 aliphatic rings. The molecule has 0 aromatic rings. The number of hydrogen-bond donors (Lipinski definition) is 0. The molecule has 0 bridgehead atoms. The maximum atomic E-state index is 6.28. The summed E-state index contributed by atoms with van der Waals surface area (Å²) in [4.78, 5) is 0. The summed E-state index contributed by atoms with van der Waals surface area (Å²) in [5, 5.41) is 0. The molecule has 0 saturated carbocycles. The van der Waals surface area contributed by atoms with Gasteiger partial charge in [-0.3, -0.25) is 0 Å². The molecule has 0 spiro atoms. The van der Waals surface area contributed by atoms with Crippen molar-refractivity contribution in [2.45, 2.75) is 75.8 Å². The van der Waals surface area contributed by atoms with Crippen molar-refractivity contribution in [2.24, 2.45) is 0 Å². The van der Waals surface area contributed by atoms with Gasteiger partial charge >= 0.3 is 0 Å². The van der Waals surface area contributed by atoms with Crippen molar-refractivity contribution in [1.82, 2.24) is 0 Å². The number of ether oxygens (including phenoxy) is 4. The van der Waals surface area contributed by atoms with E-state index in [0.717, 1.165) is 76.1 Å². The van der Waals surface area contributed by atoms with E-state index in [4.69, 9.17) is 18.9 Å². The van der Waals surface area contributed by atoms with Gasteiger partial charge in [0.15, 0.2) is 0 Å². The minimum absolute atomic E-state index is 0.237. The van der Waals surface area contributed by atoms with E-state index in [0.29, 0.717) is 0 Å². The summed E-state index contributed by atoms with van der Waals surface area (Å²) in [7, 11) is 0. The van der Waals surface area contributed by atoms with Gasteiger partial charge in [0, 0.05) is 26.1 Å². The van der Waals surface area contributed by atoms with Crippen molar-refractivity contribution in [3.05, 3.63) is 11.5 Å². The number of fused-ring (bicyclic) bond motifs is 2. The zero-order chi connectivity index (χ0) is 13.4. The van der Waals surface area contributed by atoms with Crippen LogP contribution in [0.15, 0.2) is 11.5 Å². The fourth-order valence-corrected chi connectivity index (χ4v) is 3.87. The first-order valence-corrected chi connectivity index (χ1v) is 8.19. The number of allylic oxidation sites excluding steroid dienone is 2. The van der Waals surface area contributed by atoms with E-state index in [-0.39, 0.29) is 24.4 Å². The van der Waals surface area contributed by atoms with Crippen molar-refractivity contribution in [3.63, 3.8) is 0 Å². The van der Waals surface area contributed by atoms with Crippen LogP contribution >= 0.6 is 0 Å². The average Bonchev–Trinajstić information content (AvgIpc) is 2.76. The van der Waals surface area contributed by atoms with Crippen molar-refractivity contribution >= 4 is 0 Å². The van der Waals surface area contributed by atoms with Crippen LogP contribution in [-0.4, -0.2) is 37.6 Å². The molecular weight excluding hydrogens is 256 g/mol. The van der Waals surface area contributed by atoms with Gasteiger partial charge in [-0.15, -0.1) is 0 Å². The third-order valence-electron chi connectivity index (χ3n) is 4.97. The number of rotatable bonds is 0. The summed E-state index contributed by atoms with van der Waals surface area (Å²) in [6, 6.07) is 0. The maximum absolute atomic E-state index is 6.28. The first-order valence-electron chi connectivity index (χ1n) is 8.19. The fraction of sp³-hybridized carbons (Fsp3) is 0.875. The molecule has 0 aromatic carbocycles. The van der Waals surface area contributed by atoms with Crippen molar-refractivity contribution in [2.75, 3.05) is 13.2 Å². The standard InChI is InChI=1S/C16H24O4/c1-3-13-11(17-9-1)5-7-16-15(19-13)8-6-12-14(20-16)4-2-10-18-12/h11-14H,1-10H2/t11-,12+,13+,14-. The van der Waals surface area contributed by atoms with Crippen LogP contribution < -0.4 is 0 Å². The predicted octanol–water partition coefficient (Wildman–Crippen LogP) is 2.91. The van der Waals surface area contributed by atoms with Crippen molar-refractivity contribution < 1.29 is 18.9 Å². The van der Waals surface area contributed by atoms with E-state index in [1.54, 1.807) is 0 Å². The second-order valence-electron chi connectivity index (χ2n) is 6.34. The van der Waals surface area contributed by atoms with Crippen LogP contribution in [0.2, 0.25) is 0 Å². The maximum Gasteiger partial charge on any atom is 0.134 e. The van der Waals surface area contributed by atoms with Gasteiger partial charge in [0.2, 0.25) is 0 Å². The van der Waals surface area contributed by atoms with E-state index in [1.807, 2.05) is 0 Å². The van der Waals surface area contributed by atoms with Gasteiger partial charge in [-0.25, -0.2) is 0 Å². The number of hydrogen-bond acceptors (Lipinski definition) is 4.